The van der Waals surface area contributed by atoms with Crippen LogP contribution in [0.15, 0.2) is 34.8 Å². The van der Waals surface area contributed by atoms with Crippen molar-refractivity contribution in [3.8, 4) is 0 Å². The lowest BCUT2D eigenvalue weighted by molar-refractivity contribution is 0.0697. The quantitative estimate of drug-likeness (QED) is 0.241. The van der Waals surface area contributed by atoms with Crippen molar-refractivity contribution < 1.29 is 14.7 Å². The highest BCUT2D eigenvalue weighted by Gasteiger charge is 2.16. The first-order valence-corrected chi connectivity index (χ1v) is 10.2. The van der Waals surface area contributed by atoms with E-state index < -0.39 is 5.97 Å². The SMILES string of the molecule is O=C(O)c1cc(NC(=S)NC(=O)c2cc(I)cc(I)c2Br)ccc1Cl. The van der Waals surface area contributed by atoms with Crippen molar-refractivity contribution in [1.82, 2.24) is 5.32 Å². The van der Waals surface area contributed by atoms with Gasteiger partial charge < -0.3 is 10.4 Å². The van der Waals surface area contributed by atoms with Crippen LogP contribution in [-0.2, 0) is 0 Å². The number of benzene rings is 2. The minimum Gasteiger partial charge on any atom is -0.478 e. The molecule has 2 rings (SSSR count). The van der Waals surface area contributed by atoms with E-state index in [1.165, 1.54) is 12.1 Å². The van der Waals surface area contributed by atoms with Crippen molar-refractivity contribution in [2.45, 2.75) is 0 Å². The first-order valence-electron chi connectivity index (χ1n) is 6.48. The van der Waals surface area contributed by atoms with E-state index in [9.17, 15) is 9.59 Å². The summed E-state index contributed by atoms with van der Waals surface area (Å²) in [5.41, 5.74) is 0.793. The van der Waals surface area contributed by atoms with Gasteiger partial charge in [0.05, 0.1) is 16.1 Å². The zero-order valence-electron chi connectivity index (χ0n) is 12.1. The molecule has 3 N–H and O–H groups in total. The molecule has 2 aromatic carbocycles. The van der Waals surface area contributed by atoms with E-state index in [-0.39, 0.29) is 21.6 Å². The molecule has 0 saturated carbocycles. The Balaban J connectivity index is 2.14. The van der Waals surface area contributed by atoms with Gasteiger partial charge in [-0.05, 0) is 104 Å². The number of rotatable bonds is 3. The minimum absolute atomic E-state index is 0.0458. The fraction of sp³-hybridized carbons (Fsp3) is 0. The van der Waals surface area contributed by atoms with E-state index in [0.717, 1.165) is 7.14 Å². The lowest BCUT2D eigenvalue weighted by Crippen LogP contribution is -2.34. The molecule has 0 spiro atoms. The van der Waals surface area contributed by atoms with Crippen molar-refractivity contribution in [3.63, 3.8) is 0 Å². The Morgan fingerprint density at radius 2 is 1.84 bits per heavy atom. The first-order chi connectivity index (χ1) is 11.7. The maximum Gasteiger partial charge on any atom is 0.337 e. The lowest BCUT2D eigenvalue weighted by atomic mass is 10.2. The molecule has 10 heteroatoms. The van der Waals surface area contributed by atoms with E-state index in [0.29, 0.717) is 15.7 Å². The summed E-state index contributed by atoms with van der Waals surface area (Å²) >= 11 is 18.6. The van der Waals surface area contributed by atoms with Crippen LogP contribution in [0.2, 0.25) is 5.02 Å². The lowest BCUT2D eigenvalue weighted by Gasteiger charge is -2.12. The van der Waals surface area contributed by atoms with Gasteiger partial charge in [0.25, 0.3) is 5.91 Å². The summed E-state index contributed by atoms with van der Waals surface area (Å²) in [7, 11) is 0. The fourth-order valence-electron chi connectivity index (χ4n) is 1.82. The third kappa shape index (κ3) is 5.49. The van der Waals surface area contributed by atoms with E-state index >= 15 is 0 Å². The monoisotopic (exact) mass is 664 g/mol. The summed E-state index contributed by atoms with van der Waals surface area (Å²) in [5, 5.41) is 14.6. The summed E-state index contributed by atoms with van der Waals surface area (Å²) < 4.78 is 2.49. The van der Waals surface area contributed by atoms with Crippen LogP contribution < -0.4 is 10.6 Å². The van der Waals surface area contributed by atoms with E-state index in [1.54, 1.807) is 12.1 Å². The Bertz CT molecular complexity index is 895. The molecule has 130 valence electrons. The Morgan fingerprint density at radius 1 is 1.16 bits per heavy atom. The van der Waals surface area contributed by atoms with Gasteiger partial charge >= 0.3 is 5.97 Å². The van der Waals surface area contributed by atoms with E-state index in [4.69, 9.17) is 28.9 Å². The van der Waals surface area contributed by atoms with Crippen LogP contribution >= 0.6 is 84.9 Å². The molecule has 0 aromatic heterocycles. The number of thiocarbonyl (C=S) groups is 1. The predicted octanol–water partition coefficient (Wildman–Crippen LogP) is 5.14. The number of carboxylic acids is 1. The number of carboxylic acid groups (broad SMARTS) is 1. The second-order valence-corrected chi connectivity index (χ2v) is 8.67. The Morgan fingerprint density at radius 3 is 2.48 bits per heavy atom. The molecule has 0 unspecified atom stereocenters. The number of amides is 1. The van der Waals surface area contributed by atoms with Gasteiger partial charge in [0.1, 0.15) is 0 Å². The summed E-state index contributed by atoms with van der Waals surface area (Å²) in [6, 6.07) is 8.01. The van der Waals surface area contributed by atoms with Crippen molar-refractivity contribution in [3.05, 3.63) is 58.1 Å². The van der Waals surface area contributed by atoms with Gasteiger partial charge in [0, 0.05) is 17.3 Å². The maximum atomic E-state index is 12.4. The molecule has 0 aliphatic heterocycles. The smallest absolute Gasteiger partial charge is 0.337 e. The molecule has 2 aromatic rings. The number of halogens is 4. The average Bonchev–Trinajstić information content (AvgIpc) is 2.52. The van der Waals surface area contributed by atoms with Gasteiger partial charge in [0.2, 0.25) is 0 Å². The number of carbonyl (C=O) groups is 2. The van der Waals surface area contributed by atoms with Crippen LogP contribution in [0.5, 0.6) is 0 Å². The van der Waals surface area contributed by atoms with Gasteiger partial charge in [-0.2, -0.15) is 0 Å². The molecule has 0 heterocycles. The Hall–Kier alpha value is -0.500. The summed E-state index contributed by atoms with van der Waals surface area (Å²) in [4.78, 5) is 23.5. The number of hydrogen-bond donors (Lipinski definition) is 3. The molecule has 1 amide bonds. The predicted molar refractivity (Wildman–Crippen MR) is 122 cm³/mol. The van der Waals surface area contributed by atoms with Crippen molar-refractivity contribution in [1.29, 1.82) is 0 Å². The second kappa shape index (κ2) is 8.93. The summed E-state index contributed by atoms with van der Waals surface area (Å²) in [5.74, 6) is -1.53. The van der Waals surface area contributed by atoms with Gasteiger partial charge in [-0.1, -0.05) is 11.6 Å². The third-order valence-corrected chi connectivity index (χ3v) is 6.52. The molecule has 0 radical (unpaired) electrons. The number of aromatic carboxylic acids is 1. The average molecular weight is 665 g/mol. The zero-order valence-corrected chi connectivity index (χ0v) is 19.5. The Labute approximate surface area is 189 Å². The van der Waals surface area contributed by atoms with Gasteiger partial charge in [-0.25, -0.2) is 4.79 Å². The summed E-state index contributed by atoms with van der Waals surface area (Å²) in [6.45, 7) is 0. The standard InChI is InChI=1S/C15H8BrClI2N2O3S/c16-12-9(3-6(18)4-11(12)19)13(22)21-15(25)20-7-1-2-10(17)8(5-7)14(23)24/h1-5H,(H,23,24)(H2,20,21,22,25). The van der Waals surface area contributed by atoms with Gasteiger partial charge in [0.15, 0.2) is 5.11 Å². The van der Waals surface area contributed by atoms with Gasteiger partial charge in [-0.15, -0.1) is 0 Å². The largest absolute Gasteiger partial charge is 0.478 e. The number of anilines is 1. The minimum atomic E-state index is -1.15. The van der Waals surface area contributed by atoms with Crippen molar-refractivity contribution >= 4 is 108 Å². The van der Waals surface area contributed by atoms with Crippen LogP contribution in [-0.4, -0.2) is 22.1 Å². The molecule has 25 heavy (non-hydrogen) atoms. The first kappa shape index (κ1) is 20.8. The molecule has 5 nitrogen and oxygen atoms in total. The second-order valence-electron chi connectivity index (χ2n) is 4.66. The number of nitrogens with one attached hydrogen (secondary N) is 2. The fourth-order valence-corrected chi connectivity index (χ4v) is 4.48. The van der Waals surface area contributed by atoms with Crippen molar-refractivity contribution in [2.75, 3.05) is 5.32 Å². The highest BCUT2D eigenvalue weighted by molar-refractivity contribution is 14.1. The van der Waals surface area contributed by atoms with Crippen LogP contribution in [0.3, 0.4) is 0 Å². The molecule has 0 fully saturated rings. The van der Waals surface area contributed by atoms with Crippen LogP contribution in [0, 0.1) is 7.14 Å². The maximum absolute atomic E-state index is 12.4. The highest BCUT2D eigenvalue weighted by atomic mass is 127. The molecule has 0 bridgehead atoms. The molecular formula is C15H8BrClI2N2O3S. The Kier molecular flexibility index (Phi) is 7.43. The van der Waals surface area contributed by atoms with E-state index in [1.807, 2.05) is 6.07 Å². The molecule has 0 aliphatic carbocycles. The molecule has 0 atom stereocenters. The molecule has 0 aliphatic rings. The molecule has 0 saturated heterocycles. The summed E-state index contributed by atoms with van der Waals surface area (Å²) in [6.07, 6.45) is 0. The van der Waals surface area contributed by atoms with Crippen LogP contribution in [0.25, 0.3) is 0 Å². The van der Waals surface area contributed by atoms with Crippen LogP contribution in [0.4, 0.5) is 5.69 Å². The normalized spacial score (nSPS) is 10.2. The van der Waals surface area contributed by atoms with Crippen molar-refractivity contribution in [2.24, 2.45) is 0 Å². The zero-order chi connectivity index (χ0) is 18.7. The number of carbonyl (C=O) groups excluding carboxylic acids is 1. The number of hydrogen-bond acceptors (Lipinski definition) is 3. The van der Waals surface area contributed by atoms with E-state index in [2.05, 4.69) is 71.7 Å². The topological polar surface area (TPSA) is 78.4 Å². The highest BCUT2D eigenvalue weighted by Crippen LogP contribution is 2.26. The van der Waals surface area contributed by atoms with Crippen LogP contribution in [0.1, 0.15) is 20.7 Å². The third-order valence-electron chi connectivity index (χ3n) is 2.92. The van der Waals surface area contributed by atoms with Gasteiger partial charge in [-0.3, -0.25) is 10.1 Å². The molecular weight excluding hydrogens is 657 g/mol.